The van der Waals surface area contributed by atoms with Crippen molar-refractivity contribution in [2.75, 3.05) is 63.1 Å². The minimum atomic E-state index is -0.813. The number of ether oxygens (including phenoxy) is 1. The number of rotatable bonds is 7. The number of carbonyl (C=O) groups is 3. The molecule has 2 fully saturated rings. The highest BCUT2D eigenvalue weighted by atomic mass is 16.5. The largest absolute Gasteiger partial charge is 0.495 e. The molecule has 0 aliphatic carbocycles. The quantitative estimate of drug-likeness (QED) is 0.611. The van der Waals surface area contributed by atoms with Gasteiger partial charge < -0.3 is 25.2 Å². The average Bonchev–Trinajstić information content (AvgIpc) is 2.87. The Bertz CT molecular complexity index is 1110. The topological polar surface area (TPSA) is 94.2 Å². The van der Waals surface area contributed by atoms with E-state index in [-0.39, 0.29) is 30.7 Å². The summed E-state index contributed by atoms with van der Waals surface area (Å²) in [5.74, 6) is 0.141. The Hall–Kier alpha value is -3.59. The van der Waals surface area contributed by atoms with E-state index in [1.807, 2.05) is 56.3 Å². The van der Waals surface area contributed by atoms with Crippen molar-refractivity contribution >= 4 is 29.1 Å². The number of amides is 3. The van der Waals surface area contributed by atoms with Crippen molar-refractivity contribution in [2.24, 2.45) is 0 Å². The number of hydrogen-bond acceptors (Lipinski definition) is 6. The number of piperazine rings is 2. The molecule has 0 radical (unpaired) electrons. The van der Waals surface area contributed by atoms with E-state index in [1.165, 1.54) is 0 Å². The summed E-state index contributed by atoms with van der Waals surface area (Å²) in [6.45, 7) is 7.93. The van der Waals surface area contributed by atoms with Gasteiger partial charge in [0.1, 0.15) is 11.8 Å². The first-order chi connectivity index (χ1) is 17.4. The van der Waals surface area contributed by atoms with E-state index in [0.717, 1.165) is 48.7 Å². The van der Waals surface area contributed by atoms with E-state index < -0.39 is 6.04 Å². The number of nitrogens with zero attached hydrogens (tertiary/aromatic N) is 3. The van der Waals surface area contributed by atoms with E-state index in [0.29, 0.717) is 18.8 Å². The molecule has 192 valence electrons. The van der Waals surface area contributed by atoms with Crippen LogP contribution in [-0.4, -0.2) is 86.5 Å². The lowest BCUT2D eigenvalue weighted by atomic mass is 10.1. The minimum absolute atomic E-state index is 0.0769. The van der Waals surface area contributed by atoms with Gasteiger partial charge in [-0.2, -0.15) is 0 Å². The molecule has 2 heterocycles. The van der Waals surface area contributed by atoms with Crippen LogP contribution in [0.15, 0.2) is 42.5 Å². The van der Waals surface area contributed by atoms with Crippen molar-refractivity contribution in [2.45, 2.75) is 26.3 Å². The first-order valence-electron chi connectivity index (χ1n) is 12.4. The van der Waals surface area contributed by atoms with E-state index in [4.69, 9.17) is 4.74 Å². The number of aryl methyl sites for hydroxylation is 2. The van der Waals surface area contributed by atoms with Crippen molar-refractivity contribution in [3.05, 3.63) is 53.6 Å². The number of benzene rings is 2. The average molecular weight is 494 g/mol. The molecule has 2 aromatic rings. The number of nitrogens with one attached hydrogen (secondary N) is 2. The second kappa shape index (κ2) is 11.4. The second-order valence-corrected chi connectivity index (χ2v) is 9.40. The van der Waals surface area contributed by atoms with Gasteiger partial charge in [-0.05, 0) is 37.6 Å². The number of carbonyl (C=O) groups excluding carboxylic acids is 3. The fourth-order valence-electron chi connectivity index (χ4n) is 4.87. The maximum Gasteiger partial charge on any atom is 0.243 e. The van der Waals surface area contributed by atoms with Crippen LogP contribution in [0.2, 0.25) is 0 Å². The van der Waals surface area contributed by atoms with Crippen LogP contribution in [-0.2, 0) is 14.4 Å². The maximum atomic E-state index is 13.2. The smallest absolute Gasteiger partial charge is 0.243 e. The van der Waals surface area contributed by atoms with Crippen LogP contribution >= 0.6 is 0 Å². The Morgan fingerprint density at radius 2 is 1.81 bits per heavy atom. The van der Waals surface area contributed by atoms with Gasteiger partial charge >= 0.3 is 0 Å². The van der Waals surface area contributed by atoms with Crippen molar-refractivity contribution in [3.63, 3.8) is 0 Å². The van der Waals surface area contributed by atoms with E-state index >= 15 is 0 Å². The maximum absolute atomic E-state index is 13.2. The summed E-state index contributed by atoms with van der Waals surface area (Å²) in [6.07, 6.45) is -0.0769. The van der Waals surface area contributed by atoms with E-state index in [2.05, 4.69) is 20.4 Å². The third-order valence-electron chi connectivity index (χ3n) is 6.84. The fourth-order valence-corrected chi connectivity index (χ4v) is 4.87. The fraction of sp³-hybridized carbons (Fsp3) is 0.444. The molecule has 2 N–H and O–H groups in total. The summed E-state index contributed by atoms with van der Waals surface area (Å²) in [7, 11) is 1.67. The van der Waals surface area contributed by atoms with Crippen molar-refractivity contribution in [1.82, 2.24) is 15.1 Å². The van der Waals surface area contributed by atoms with Crippen LogP contribution < -0.4 is 20.3 Å². The minimum Gasteiger partial charge on any atom is -0.495 e. The molecule has 0 saturated carbocycles. The number of methoxy groups -OCH3 is 1. The number of hydrogen-bond donors (Lipinski definition) is 2. The summed E-state index contributed by atoms with van der Waals surface area (Å²) >= 11 is 0. The third kappa shape index (κ3) is 5.96. The predicted molar refractivity (Wildman–Crippen MR) is 139 cm³/mol. The lowest BCUT2D eigenvalue weighted by molar-refractivity contribution is -0.145. The monoisotopic (exact) mass is 493 g/mol. The lowest BCUT2D eigenvalue weighted by Crippen LogP contribution is -2.60. The summed E-state index contributed by atoms with van der Waals surface area (Å²) in [6, 6.07) is 12.9. The SMILES string of the molecule is COc1ccccc1N1CCN(CC(=O)N2CCNC(=O)C2CC(=O)Nc2ccc(C)cc2C)CC1. The van der Waals surface area contributed by atoms with Crippen molar-refractivity contribution in [1.29, 1.82) is 0 Å². The molecule has 0 spiro atoms. The van der Waals surface area contributed by atoms with Crippen LogP contribution in [0, 0.1) is 13.8 Å². The molecule has 1 unspecified atom stereocenters. The predicted octanol–water partition coefficient (Wildman–Crippen LogP) is 1.79. The van der Waals surface area contributed by atoms with Crippen LogP contribution in [0.25, 0.3) is 0 Å². The molecule has 2 aromatic carbocycles. The number of anilines is 2. The van der Waals surface area contributed by atoms with Crippen molar-refractivity contribution in [3.8, 4) is 5.75 Å². The highest BCUT2D eigenvalue weighted by Crippen LogP contribution is 2.28. The van der Waals surface area contributed by atoms with Gasteiger partial charge in [-0.1, -0.05) is 29.8 Å². The molecule has 2 aliphatic rings. The molecule has 4 rings (SSSR count). The Labute approximate surface area is 212 Å². The van der Waals surface area contributed by atoms with Crippen molar-refractivity contribution < 1.29 is 19.1 Å². The van der Waals surface area contributed by atoms with Crippen LogP contribution in [0.3, 0.4) is 0 Å². The molecule has 2 saturated heterocycles. The van der Waals surface area contributed by atoms with Gasteiger partial charge in [0.2, 0.25) is 17.7 Å². The lowest BCUT2D eigenvalue weighted by Gasteiger charge is -2.39. The zero-order valence-electron chi connectivity index (χ0n) is 21.3. The molecule has 2 aliphatic heterocycles. The van der Waals surface area contributed by atoms with Crippen LogP contribution in [0.1, 0.15) is 17.5 Å². The normalized spacial score (nSPS) is 18.5. The first-order valence-corrected chi connectivity index (χ1v) is 12.4. The van der Waals surface area contributed by atoms with Gasteiger partial charge in [0.15, 0.2) is 0 Å². The molecule has 0 aromatic heterocycles. The molecule has 9 heteroatoms. The molecule has 3 amide bonds. The Morgan fingerprint density at radius 1 is 1.06 bits per heavy atom. The Kier molecular flexibility index (Phi) is 8.10. The molecular formula is C27H35N5O4. The molecule has 1 atom stereocenters. The van der Waals surface area contributed by atoms with Crippen LogP contribution in [0.5, 0.6) is 5.75 Å². The van der Waals surface area contributed by atoms with Gasteiger partial charge in [-0.25, -0.2) is 0 Å². The Balaban J connectivity index is 1.34. The van der Waals surface area contributed by atoms with Gasteiger partial charge in [-0.3, -0.25) is 19.3 Å². The zero-order chi connectivity index (χ0) is 25.7. The molecular weight excluding hydrogens is 458 g/mol. The standard InChI is InChI=1S/C27H35N5O4/c1-19-8-9-21(20(2)16-19)29-25(33)17-23-27(35)28-10-11-32(23)26(34)18-30-12-14-31(15-13-30)22-6-4-5-7-24(22)36-3/h4-9,16,23H,10-15,17-18H2,1-3H3,(H,28,35)(H,29,33). The van der Waals surface area contributed by atoms with Gasteiger partial charge in [0.25, 0.3) is 0 Å². The summed E-state index contributed by atoms with van der Waals surface area (Å²) in [5.41, 5.74) is 3.83. The highest BCUT2D eigenvalue weighted by molar-refractivity contribution is 5.98. The van der Waals surface area contributed by atoms with Gasteiger partial charge in [0, 0.05) is 45.0 Å². The summed E-state index contributed by atoms with van der Waals surface area (Å²) < 4.78 is 5.49. The zero-order valence-corrected chi connectivity index (χ0v) is 21.3. The summed E-state index contributed by atoms with van der Waals surface area (Å²) in [5, 5.41) is 5.69. The third-order valence-corrected chi connectivity index (χ3v) is 6.84. The second-order valence-electron chi connectivity index (χ2n) is 9.40. The first kappa shape index (κ1) is 25.5. The summed E-state index contributed by atoms with van der Waals surface area (Å²) in [4.78, 5) is 44.6. The molecule has 9 nitrogen and oxygen atoms in total. The Morgan fingerprint density at radius 3 is 2.53 bits per heavy atom. The highest BCUT2D eigenvalue weighted by Gasteiger charge is 2.35. The van der Waals surface area contributed by atoms with Crippen LogP contribution in [0.4, 0.5) is 11.4 Å². The molecule has 36 heavy (non-hydrogen) atoms. The van der Waals surface area contributed by atoms with Gasteiger partial charge in [-0.15, -0.1) is 0 Å². The number of para-hydroxylation sites is 2. The van der Waals surface area contributed by atoms with Gasteiger partial charge in [0.05, 0.1) is 25.8 Å². The van der Waals surface area contributed by atoms with E-state index in [1.54, 1.807) is 12.0 Å². The van der Waals surface area contributed by atoms with E-state index in [9.17, 15) is 14.4 Å². The molecule has 0 bridgehead atoms.